The molecule has 0 atom stereocenters. The van der Waals surface area contributed by atoms with Crippen molar-refractivity contribution in [3.05, 3.63) is 0 Å². The fraction of sp³-hybridized carbons (Fsp3) is 1.00. The molecule has 1 saturated heterocycles. The highest BCUT2D eigenvalue weighted by Crippen LogP contribution is 2.33. The Morgan fingerprint density at radius 1 is 1.20 bits per heavy atom. The van der Waals surface area contributed by atoms with Gasteiger partial charge in [0, 0.05) is 38.3 Å². The van der Waals surface area contributed by atoms with Crippen LogP contribution in [0.3, 0.4) is 0 Å². The molecule has 2 rings (SSSR count). The minimum atomic E-state index is -3.00. The third kappa shape index (κ3) is 2.90. The molecule has 0 bridgehead atoms. The van der Waals surface area contributed by atoms with Crippen LogP contribution in [0.2, 0.25) is 0 Å². The highest BCUT2D eigenvalue weighted by atomic mass is 32.2. The minimum absolute atomic E-state index is 0.0350. The molecule has 1 saturated carbocycles. The Balaban J connectivity index is 1.82. The molecule has 0 spiro atoms. The van der Waals surface area contributed by atoms with Crippen LogP contribution >= 0.6 is 0 Å². The maximum atomic E-state index is 11.3. The molecule has 0 amide bonds. The van der Waals surface area contributed by atoms with E-state index in [4.69, 9.17) is 5.73 Å². The molecule has 0 aromatic carbocycles. The van der Waals surface area contributed by atoms with Gasteiger partial charge in [-0.3, -0.25) is 4.90 Å². The van der Waals surface area contributed by atoms with Gasteiger partial charge in [-0.25, -0.2) is 8.42 Å². The van der Waals surface area contributed by atoms with E-state index in [0.717, 1.165) is 32.5 Å². The van der Waals surface area contributed by atoms with E-state index in [1.165, 1.54) is 6.26 Å². The number of nitrogens with two attached hydrogens (primary N) is 1. The van der Waals surface area contributed by atoms with Crippen molar-refractivity contribution in [3.63, 3.8) is 0 Å². The fourth-order valence-corrected chi connectivity index (χ4v) is 2.81. The lowest BCUT2D eigenvalue weighted by Crippen LogP contribution is -2.51. The molecule has 5 nitrogen and oxygen atoms in total. The molecular formula is C9H19N3O2S. The van der Waals surface area contributed by atoms with E-state index >= 15 is 0 Å². The third-order valence-corrected chi connectivity index (χ3v) is 4.53. The van der Waals surface area contributed by atoms with Crippen LogP contribution in [-0.4, -0.2) is 62.1 Å². The lowest BCUT2D eigenvalue weighted by molar-refractivity contribution is 0.176. The quantitative estimate of drug-likeness (QED) is 0.683. The van der Waals surface area contributed by atoms with Gasteiger partial charge in [0.05, 0.1) is 6.26 Å². The largest absolute Gasteiger partial charge is 0.324 e. The summed E-state index contributed by atoms with van der Waals surface area (Å²) >= 11 is 0. The van der Waals surface area contributed by atoms with Crippen LogP contribution < -0.4 is 5.73 Å². The predicted octanol–water partition coefficient (Wildman–Crippen LogP) is -0.945. The van der Waals surface area contributed by atoms with Crippen molar-refractivity contribution < 1.29 is 8.42 Å². The molecular weight excluding hydrogens is 214 g/mol. The fourth-order valence-electron chi connectivity index (χ4n) is 1.98. The van der Waals surface area contributed by atoms with Gasteiger partial charge in [0.1, 0.15) is 0 Å². The predicted molar refractivity (Wildman–Crippen MR) is 59.0 cm³/mol. The second-order valence-electron chi connectivity index (χ2n) is 4.80. The van der Waals surface area contributed by atoms with Gasteiger partial charge in [-0.15, -0.1) is 0 Å². The summed E-state index contributed by atoms with van der Waals surface area (Å²) in [7, 11) is -3.00. The summed E-state index contributed by atoms with van der Waals surface area (Å²) in [6.07, 6.45) is 3.49. The molecule has 0 aromatic heterocycles. The van der Waals surface area contributed by atoms with Crippen LogP contribution in [0.15, 0.2) is 0 Å². The smallest absolute Gasteiger partial charge is 0.211 e. The molecule has 0 aromatic rings. The number of rotatable bonds is 3. The summed E-state index contributed by atoms with van der Waals surface area (Å²) in [4.78, 5) is 2.27. The molecule has 6 heteroatoms. The Morgan fingerprint density at radius 3 is 2.13 bits per heavy atom. The summed E-state index contributed by atoms with van der Waals surface area (Å²) in [5, 5.41) is 0. The Kier molecular flexibility index (Phi) is 2.79. The summed E-state index contributed by atoms with van der Waals surface area (Å²) in [5.74, 6) is 0. The van der Waals surface area contributed by atoms with Gasteiger partial charge < -0.3 is 5.73 Å². The van der Waals surface area contributed by atoms with Crippen molar-refractivity contribution in [2.75, 3.05) is 39.0 Å². The van der Waals surface area contributed by atoms with Crippen LogP contribution in [0, 0.1) is 0 Å². The molecule has 0 unspecified atom stereocenters. The van der Waals surface area contributed by atoms with E-state index in [2.05, 4.69) is 4.90 Å². The molecule has 1 aliphatic carbocycles. The lowest BCUT2D eigenvalue weighted by Gasteiger charge is -2.34. The monoisotopic (exact) mass is 233 g/mol. The number of sulfonamides is 1. The Morgan fingerprint density at radius 2 is 1.73 bits per heavy atom. The van der Waals surface area contributed by atoms with Gasteiger partial charge in [-0.05, 0) is 12.8 Å². The van der Waals surface area contributed by atoms with Gasteiger partial charge in [0.25, 0.3) is 0 Å². The number of hydrogen-bond acceptors (Lipinski definition) is 4. The average Bonchev–Trinajstić information content (AvgIpc) is 2.82. The number of hydrogen-bond donors (Lipinski definition) is 1. The maximum absolute atomic E-state index is 11.3. The standard InChI is InChI=1S/C9H19N3O2S/c1-15(13,14)12-6-4-11(5-7-12)8-9(10)2-3-9/h2-8,10H2,1H3. The molecule has 1 heterocycles. The first kappa shape index (κ1) is 11.3. The zero-order valence-corrected chi connectivity index (χ0v) is 9.96. The van der Waals surface area contributed by atoms with E-state index in [-0.39, 0.29) is 5.54 Å². The van der Waals surface area contributed by atoms with Crippen LogP contribution in [0.25, 0.3) is 0 Å². The highest BCUT2D eigenvalue weighted by Gasteiger charge is 2.40. The molecule has 2 fully saturated rings. The average molecular weight is 233 g/mol. The van der Waals surface area contributed by atoms with Gasteiger partial charge >= 0.3 is 0 Å². The van der Waals surface area contributed by atoms with Crippen molar-refractivity contribution in [1.82, 2.24) is 9.21 Å². The second kappa shape index (κ2) is 3.69. The van der Waals surface area contributed by atoms with E-state index in [1.54, 1.807) is 4.31 Å². The summed E-state index contributed by atoms with van der Waals surface area (Å²) in [6, 6.07) is 0. The first-order valence-corrected chi connectivity index (χ1v) is 7.20. The van der Waals surface area contributed by atoms with Crippen molar-refractivity contribution in [2.24, 2.45) is 5.73 Å². The normalized spacial score (nSPS) is 27.9. The Hall–Kier alpha value is -0.170. The van der Waals surface area contributed by atoms with Crippen molar-refractivity contribution in [3.8, 4) is 0 Å². The molecule has 1 aliphatic heterocycles. The van der Waals surface area contributed by atoms with Crippen molar-refractivity contribution in [2.45, 2.75) is 18.4 Å². The molecule has 0 radical (unpaired) electrons. The highest BCUT2D eigenvalue weighted by molar-refractivity contribution is 7.88. The first-order chi connectivity index (χ1) is 6.89. The number of nitrogens with zero attached hydrogens (tertiary/aromatic N) is 2. The zero-order chi connectivity index (χ0) is 11.1. The van der Waals surface area contributed by atoms with Crippen molar-refractivity contribution >= 4 is 10.0 Å². The SMILES string of the molecule is CS(=O)(=O)N1CCN(CC2(N)CC2)CC1. The van der Waals surface area contributed by atoms with Gasteiger partial charge in [-0.1, -0.05) is 0 Å². The van der Waals surface area contributed by atoms with Gasteiger partial charge in [0.15, 0.2) is 0 Å². The van der Waals surface area contributed by atoms with E-state index in [0.29, 0.717) is 13.1 Å². The van der Waals surface area contributed by atoms with Crippen LogP contribution in [0.4, 0.5) is 0 Å². The Bertz CT molecular complexity index is 329. The van der Waals surface area contributed by atoms with Gasteiger partial charge in [-0.2, -0.15) is 4.31 Å². The number of piperazine rings is 1. The van der Waals surface area contributed by atoms with Gasteiger partial charge in [0.2, 0.25) is 10.0 Å². The van der Waals surface area contributed by atoms with E-state index < -0.39 is 10.0 Å². The molecule has 2 N–H and O–H groups in total. The maximum Gasteiger partial charge on any atom is 0.211 e. The Labute approximate surface area is 91.3 Å². The van der Waals surface area contributed by atoms with Crippen LogP contribution in [0.5, 0.6) is 0 Å². The van der Waals surface area contributed by atoms with E-state index in [9.17, 15) is 8.42 Å². The molecule has 88 valence electrons. The van der Waals surface area contributed by atoms with E-state index in [1.807, 2.05) is 0 Å². The first-order valence-electron chi connectivity index (χ1n) is 5.35. The van der Waals surface area contributed by atoms with Crippen molar-refractivity contribution in [1.29, 1.82) is 0 Å². The molecule has 2 aliphatic rings. The lowest BCUT2D eigenvalue weighted by atomic mass is 10.2. The van der Waals surface area contributed by atoms with Crippen LogP contribution in [0.1, 0.15) is 12.8 Å². The minimum Gasteiger partial charge on any atom is -0.324 e. The summed E-state index contributed by atoms with van der Waals surface area (Å²) in [5.41, 5.74) is 6.06. The summed E-state index contributed by atoms with van der Waals surface area (Å²) < 4.78 is 24.1. The second-order valence-corrected chi connectivity index (χ2v) is 6.78. The van der Waals surface area contributed by atoms with Crippen LogP contribution in [-0.2, 0) is 10.0 Å². The zero-order valence-electron chi connectivity index (χ0n) is 9.15. The summed E-state index contributed by atoms with van der Waals surface area (Å²) in [6.45, 7) is 3.76. The third-order valence-electron chi connectivity index (χ3n) is 3.23. The molecule has 15 heavy (non-hydrogen) atoms. The topological polar surface area (TPSA) is 66.6 Å².